The van der Waals surface area contributed by atoms with Crippen molar-refractivity contribution < 1.29 is 14.0 Å². The zero-order chi connectivity index (χ0) is 25.5. The van der Waals surface area contributed by atoms with Gasteiger partial charge in [-0.15, -0.1) is 0 Å². The van der Waals surface area contributed by atoms with Gasteiger partial charge in [0.15, 0.2) is 0 Å². The number of aryl methyl sites for hydroxylation is 1. The van der Waals surface area contributed by atoms with Gasteiger partial charge in [0.25, 0.3) is 5.91 Å². The maximum absolute atomic E-state index is 13.3. The first-order valence-electron chi connectivity index (χ1n) is 12.1. The first-order valence-corrected chi connectivity index (χ1v) is 12.1. The molecule has 2 N–H and O–H groups in total. The van der Waals surface area contributed by atoms with Crippen LogP contribution in [0.4, 0.5) is 14.9 Å². The smallest absolute Gasteiger partial charge is 0.319 e. The molecule has 1 saturated heterocycles. The molecule has 0 spiro atoms. The van der Waals surface area contributed by atoms with Gasteiger partial charge < -0.3 is 15.5 Å². The minimum Gasteiger partial charge on any atom is -0.339 e. The molecule has 1 aliphatic heterocycles. The Balaban J connectivity index is 1.31. The molecule has 0 radical (unpaired) electrons. The number of amides is 3. The number of nitrogens with zero attached hydrogens (tertiary/aromatic N) is 2. The zero-order valence-electron chi connectivity index (χ0n) is 20.3. The van der Waals surface area contributed by atoms with Crippen LogP contribution in [0.3, 0.4) is 0 Å². The van der Waals surface area contributed by atoms with Crippen LogP contribution in [0.25, 0.3) is 0 Å². The van der Waals surface area contributed by atoms with Crippen LogP contribution < -0.4 is 10.6 Å². The SMILES string of the molecule is Cc1ccc(C(=O)N2CCC(c3ccc(C#N)cc3)CC2)cc1NC(=O)NCCc1cccc(F)c1. The molecule has 0 aromatic heterocycles. The molecule has 3 aromatic rings. The number of hydrogen-bond acceptors (Lipinski definition) is 3. The summed E-state index contributed by atoms with van der Waals surface area (Å²) in [5, 5.41) is 14.6. The number of benzene rings is 3. The molecule has 3 aromatic carbocycles. The van der Waals surface area contributed by atoms with Gasteiger partial charge in [-0.2, -0.15) is 5.26 Å². The van der Waals surface area contributed by atoms with E-state index < -0.39 is 0 Å². The van der Waals surface area contributed by atoms with Gasteiger partial charge in [-0.05, 0) is 85.2 Å². The normalized spacial score (nSPS) is 13.6. The summed E-state index contributed by atoms with van der Waals surface area (Å²) in [4.78, 5) is 27.4. The van der Waals surface area contributed by atoms with Gasteiger partial charge in [0.05, 0.1) is 11.6 Å². The third kappa shape index (κ3) is 6.28. The molecule has 184 valence electrons. The van der Waals surface area contributed by atoms with Crippen molar-refractivity contribution in [1.82, 2.24) is 10.2 Å². The Bertz CT molecular complexity index is 1280. The molecule has 6 nitrogen and oxygen atoms in total. The number of piperidine rings is 1. The van der Waals surface area contributed by atoms with Gasteiger partial charge in [0.1, 0.15) is 5.82 Å². The minimum absolute atomic E-state index is 0.0529. The van der Waals surface area contributed by atoms with Crippen molar-refractivity contribution in [3.8, 4) is 6.07 Å². The second-order valence-corrected chi connectivity index (χ2v) is 9.09. The van der Waals surface area contributed by atoms with E-state index in [0.717, 1.165) is 24.0 Å². The molecule has 36 heavy (non-hydrogen) atoms. The molecule has 7 heteroatoms. The molecule has 1 fully saturated rings. The van der Waals surface area contributed by atoms with Crippen molar-refractivity contribution in [1.29, 1.82) is 5.26 Å². The Labute approximate surface area is 210 Å². The highest BCUT2D eigenvalue weighted by atomic mass is 19.1. The quantitative estimate of drug-likeness (QED) is 0.492. The number of nitrogens with one attached hydrogen (secondary N) is 2. The monoisotopic (exact) mass is 484 g/mol. The lowest BCUT2D eigenvalue weighted by molar-refractivity contribution is 0.0713. The van der Waals surface area contributed by atoms with Crippen molar-refractivity contribution in [2.24, 2.45) is 0 Å². The van der Waals surface area contributed by atoms with E-state index in [4.69, 9.17) is 5.26 Å². The number of carbonyl (C=O) groups is 2. The molecule has 3 amide bonds. The highest BCUT2D eigenvalue weighted by Gasteiger charge is 2.25. The molecule has 0 bridgehead atoms. The van der Waals surface area contributed by atoms with Crippen LogP contribution in [0.5, 0.6) is 0 Å². The maximum atomic E-state index is 13.3. The Morgan fingerprint density at radius 3 is 2.50 bits per heavy atom. The largest absolute Gasteiger partial charge is 0.339 e. The molecule has 1 heterocycles. The summed E-state index contributed by atoms with van der Waals surface area (Å²) in [6.07, 6.45) is 2.24. The van der Waals surface area contributed by atoms with Gasteiger partial charge in [0.2, 0.25) is 0 Å². The maximum Gasteiger partial charge on any atom is 0.319 e. The number of rotatable bonds is 6. The van der Waals surface area contributed by atoms with Crippen LogP contribution >= 0.6 is 0 Å². The second-order valence-electron chi connectivity index (χ2n) is 9.09. The predicted molar refractivity (Wildman–Crippen MR) is 137 cm³/mol. The predicted octanol–water partition coefficient (Wildman–Crippen LogP) is 5.39. The molecule has 0 atom stereocenters. The van der Waals surface area contributed by atoms with Crippen molar-refractivity contribution >= 4 is 17.6 Å². The van der Waals surface area contributed by atoms with Crippen LogP contribution in [0, 0.1) is 24.1 Å². The third-order valence-electron chi connectivity index (χ3n) is 6.61. The van der Waals surface area contributed by atoms with Crippen LogP contribution in [0.2, 0.25) is 0 Å². The fraction of sp³-hybridized carbons (Fsp3) is 0.276. The summed E-state index contributed by atoms with van der Waals surface area (Å²) in [7, 11) is 0. The number of nitriles is 1. The Morgan fingerprint density at radius 1 is 1.06 bits per heavy atom. The van der Waals surface area contributed by atoms with Gasteiger partial charge in [-0.25, -0.2) is 9.18 Å². The van der Waals surface area contributed by atoms with Gasteiger partial charge in [-0.3, -0.25) is 4.79 Å². The molecule has 0 saturated carbocycles. The van der Waals surface area contributed by atoms with E-state index in [2.05, 4.69) is 16.7 Å². The highest BCUT2D eigenvalue weighted by Crippen LogP contribution is 2.29. The van der Waals surface area contributed by atoms with E-state index in [9.17, 15) is 14.0 Å². The molecule has 1 aliphatic rings. The fourth-order valence-corrected chi connectivity index (χ4v) is 4.50. The number of halogens is 1. The number of urea groups is 1. The van der Waals surface area contributed by atoms with E-state index in [0.29, 0.717) is 48.8 Å². The number of hydrogen-bond donors (Lipinski definition) is 2. The average Bonchev–Trinajstić information content (AvgIpc) is 2.90. The summed E-state index contributed by atoms with van der Waals surface area (Å²) >= 11 is 0. The topological polar surface area (TPSA) is 85.2 Å². The van der Waals surface area contributed by atoms with Crippen LogP contribution in [0.1, 0.15) is 51.4 Å². The summed E-state index contributed by atoms with van der Waals surface area (Å²) < 4.78 is 13.3. The molecular formula is C29H29FN4O2. The number of anilines is 1. The highest BCUT2D eigenvalue weighted by molar-refractivity contribution is 5.97. The Kier molecular flexibility index (Phi) is 7.96. The Hall–Kier alpha value is -4.18. The van der Waals surface area contributed by atoms with Crippen molar-refractivity contribution in [2.75, 3.05) is 25.0 Å². The number of carbonyl (C=O) groups excluding carboxylic acids is 2. The van der Waals surface area contributed by atoms with Gasteiger partial charge >= 0.3 is 6.03 Å². The second kappa shape index (κ2) is 11.5. The fourth-order valence-electron chi connectivity index (χ4n) is 4.50. The zero-order valence-corrected chi connectivity index (χ0v) is 20.3. The first-order chi connectivity index (χ1) is 17.4. The lowest BCUT2D eigenvalue weighted by Gasteiger charge is -2.32. The van der Waals surface area contributed by atoms with Crippen LogP contribution in [-0.4, -0.2) is 36.5 Å². The van der Waals surface area contributed by atoms with E-state index in [1.54, 1.807) is 18.2 Å². The summed E-state index contributed by atoms with van der Waals surface area (Å²) in [5.74, 6) is 0.0171. The van der Waals surface area contributed by atoms with E-state index in [-0.39, 0.29) is 17.8 Å². The summed E-state index contributed by atoms with van der Waals surface area (Å²) in [6.45, 7) is 3.54. The van der Waals surface area contributed by atoms with Crippen molar-refractivity contribution in [2.45, 2.75) is 32.1 Å². The van der Waals surface area contributed by atoms with Crippen LogP contribution in [0.15, 0.2) is 66.7 Å². The molecule has 0 aliphatic carbocycles. The standard InChI is InChI=1S/C29H29FN4O2/c1-20-5-8-25(18-27(20)33-29(36)32-14-11-21-3-2-4-26(30)17-21)28(35)34-15-12-24(13-16-34)23-9-6-22(19-31)7-10-23/h2-10,17-18,24H,11-16H2,1H3,(H2,32,33,36). The minimum atomic E-state index is -0.373. The Morgan fingerprint density at radius 2 is 1.81 bits per heavy atom. The average molecular weight is 485 g/mol. The van der Waals surface area contributed by atoms with Crippen molar-refractivity contribution in [3.05, 3.63) is 100 Å². The number of likely N-dealkylation sites (tertiary alicyclic amines) is 1. The molecule has 4 rings (SSSR count). The van der Waals surface area contributed by atoms with E-state index in [1.807, 2.05) is 48.2 Å². The molecule has 0 unspecified atom stereocenters. The van der Waals surface area contributed by atoms with E-state index in [1.165, 1.54) is 17.7 Å². The molecular weight excluding hydrogens is 455 g/mol. The summed E-state index contributed by atoms with van der Waals surface area (Å²) in [6, 6.07) is 21.1. The third-order valence-corrected chi connectivity index (χ3v) is 6.61. The lowest BCUT2D eigenvalue weighted by Crippen LogP contribution is -2.38. The van der Waals surface area contributed by atoms with Gasteiger partial charge in [0, 0.05) is 30.9 Å². The van der Waals surface area contributed by atoms with Crippen molar-refractivity contribution in [3.63, 3.8) is 0 Å². The lowest BCUT2D eigenvalue weighted by atomic mass is 9.89. The van der Waals surface area contributed by atoms with Gasteiger partial charge in [-0.1, -0.05) is 30.3 Å². The van der Waals surface area contributed by atoms with Crippen LogP contribution in [-0.2, 0) is 6.42 Å². The van der Waals surface area contributed by atoms with E-state index >= 15 is 0 Å². The first kappa shape index (κ1) is 24.9. The summed E-state index contributed by atoms with van der Waals surface area (Å²) in [5.41, 5.74) is 4.62.